The van der Waals surface area contributed by atoms with Crippen LogP contribution in [0.3, 0.4) is 0 Å². The molecule has 25 heavy (non-hydrogen) atoms. The van der Waals surface area contributed by atoms with Crippen LogP contribution in [0.15, 0.2) is 36.7 Å². The van der Waals surface area contributed by atoms with Gasteiger partial charge in [-0.3, -0.25) is 0 Å². The van der Waals surface area contributed by atoms with Crippen molar-refractivity contribution in [1.82, 2.24) is 19.7 Å². The number of carbonyl (C=O) groups excluding carboxylic acids is 1. The second-order valence-corrected chi connectivity index (χ2v) is 5.78. The Bertz CT molecular complexity index is 964. The Morgan fingerprint density at radius 1 is 1.24 bits per heavy atom. The van der Waals surface area contributed by atoms with Crippen molar-refractivity contribution in [3.63, 3.8) is 0 Å². The number of nitrogens with two attached hydrogens (primary N) is 1. The lowest BCUT2D eigenvalue weighted by Gasteiger charge is -2.18. The SMILES string of the molecule is CCOC(=O)c1cnn(-c2ncc3c(n2)-c2ccccc2CC3)c1N. The molecule has 4 rings (SSSR count). The van der Waals surface area contributed by atoms with Gasteiger partial charge >= 0.3 is 5.97 Å². The largest absolute Gasteiger partial charge is 0.462 e. The van der Waals surface area contributed by atoms with Gasteiger partial charge in [0.15, 0.2) is 0 Å². The predicted molar refractivity (Wildman–Crippen MR) is 92.4 cm³/mol. The van der Waals surface area contributed by atoms with Gasteiger partial charge in [0, 0.05) is 11.8 Å². The first kappa shape index (κ1) is 15.3. The van der Waals surface area contributed by atoms with Crippen molar-refractivity contribution >= 4 is 11.8 Å². The molecule has 0 saturated heterocycles. The van der Waals surface area contributed by atoms with Crippen LogP contribution >= 0.6 is 0 Å². The average Bonchev–Trinajstić information content (AvgIpc) is 3.03. The number of nitrogens with zero attached hydrogens (tertiary/aromatic N) is 4. The zero-order valence-electron chi connectivity index (χ0n) is 13.8. The number of fused-ring (bicyclic) bond motifs is 3. The van der Waals surface area contributed by atoms with Crippen molar-refractivity contribution in [1.29, 1.82) is 0 Å². The van der Waals surface area contributed by atoms with Crippen LogP contribution in [0.5, 0.6) is 0 Å². The molecule has 0 aliphatic heterocycles. The molecule has 7 nitrogen and oxygen atoms in total. The Hall–Kier alpha value is -3.22. The Balaban J connectivity index is 1.78. The zero-order chi connectivity index (χ0) is 17.4. The zero-order valence-corrected chi connectivity index (χ0v) is 13.8. The van der Waals surface area contributed by atoms with E-state index in [-0.39, 0.29) is 18.0 Å². The van der Waals surface area contributed by atoms with Crippen LogP contribution in [0.1, 0.15) is 28.4 Å². The van der Waals surface area contributed by atoms with Gasteiger partial charge in [-0.25, -0.2) is 14.8 Å². The number of hydrogen-bond donors (Lipinski definition) is 1. The highest BCUT2D eigenvalue weighted by molar-refractivity contribution is 5.94. The van der Waals surface area contributed by atoms with Crippen LogP contribution in [-0.4, -0.2) is 32.3 Å². The molecule has 0 radical (unpaired) electrons. The van der Waals surface area contributed by atoms with Gasteiger partial charge in [0.05, 0.1) is 18.5 Å². The summed E-state index contributed by atoms with van der Waals surface area (Å²) >= 11 is 0. The van der Waals surface area contributed by atoms with Crippen LogP contribution < -0.4 is 5.73 Å². The van der Waals surface area contributed by atoms with Gasteiger partial charge in [0.25, 0.3) is 5.95 Å². The van der Waals surface area contributed by atoms with Gasteiger partial charge in [0.1, 0.15) is 11.4 Å². The Morgan fingerprint density at radius 2 is 2.04 bits per heavy atom. The highest BCUT2D eigenvalue weighted by Gasteiger charge is 2.21. The molecule has 1 aliphatic carbocycles. The molecule has 0 amide bonds. The lowest BCUT2D eigenvalue weighted by Crippen LogP contribution is -2.13. The van der Waals surface area contributed by atoms with Crippen molar-refractivity contribution in [3.05, 3.63) is 53.3 Å². The smallest absolute Gasteiger partial charge is 0.343 e. The number of esters is 1. The lowest BCUT2D eigenvalue weighted by molar-refractivity contribution is 0.0527. The maximum absolute atomic E-state index is 11.9. The Kier molecular flexibility index (Phi) is 3.68. The molecule has 2 aromatic heterocycles. The summed E-state index contributed by atoms with van der Waals surface area (Å²) in [7, 11) is 0. The summed E-state index contributed by atoms with van der Waals surface area (Å²) < 4.78 is 6.35. The highest BCUT2D eigenvalue weighted by Crippen LogP contribution is 2.32. The van der Waals surface area contributed by atoms with E-state index in [1.165, 1.54) is 16.4 Å². The van der Waals surface area contributed by atoms with Gasteiger partial charge in [-0.1, -0.05) is 24.3 Å². The van der Waals surface area contributed by atoms with Crippen molar-refractivity contribution < 1.29 is 9.53 Å². The number of aryl methyl sites for hydroxylation is 2. The third kappa shape index (κ3) is 2.53. The fourth-order valence-electron chi connectivity index (χ4n) is 3.04. The van der Waals surface area contributed by atoms with Crippen LogP contribution in [0.25, 0.3) is 17.2 Å². The van der Waals surface area contributed by atoms with Crippen LogP contribution in [0.4, 0.5) is 5.82 Å². The van der Waals surface area contributed by atoms with Gasteiger partial charge < -0.3 is 10.5 Å². The molecule has 2 N–H and O–H groups in total. The summed E-state index contributed by atoms with van der Waals surface area (Å²) in [5.41, 5.74) is 10.6. The van der Waals surface area contributed by atoms with Crippen LogP contribution in [-0.2, 0) is 17.6 Å². The second kappa shape index (κ2) is 6.01. The van der Waals surface area contributed by atoms with E-state index in [4.69, 9.17) is 10.5 Å². The third-order valence-corrected chi connectivity index (χ3v) is 4.28. The monoisotopic (exact) mass is 335 g/mol. The molecule has 0 fully saturated rings. The fourth-order valence-corrected chi connectivity index (χ4v) is 3.04. The average molecular weight is 335 g/mol. The number of aromatic nitrogens is 4. The summed E-state index contributed by atoms with van der Waals surface area (Å²) in [4.78, 5) is 20.9. The molecule has 0 bridgehead atoms. The molecule has 3 aromatic rings. The molecule has 7 heteroatoms. The summed E-state index contributed by atoms with van der Waals surface area (Å²) in [6.07, 6.45) is 5.06. The molecule has 1 aromatic carbocycles. The first-order chi connectivity index (χ1) is 12.2. The number of nitrogen functional groups attached to an aromatic ring is 1. The number of anilines is 1. The summed E-state index contributed by atoms with van der Waals surface area (Å²) in [6, 6.07) is 8.20. The maximum atomic E-state index is 11.9. The Labute approximate surface area is 144 Å². The number of benzene rings is 1. The normalized spacial score (nSPS) is 12.4. The number of ether oxygens (including phenoxy) is 1. The molecule has 126 valence electrons. The summed E-state index contributed by atoms with van der Waals surface area (Å²) in [6.45, 7) is 2.01. The van der Waals surface area contributed by atoms with E-state index >= 15 is 0 Å². The maximum Gasteiger partial charge on any atom is 0.343 e. The first-order valence-corrected chi connectivity index (χ1v) is 8.14. The summed E-state index contributed by atoms with van der Waals surface area (Å²) in [5.74, 6) is 0.000511. The van der Waals surface area contributed by atoms with Crippen molar-refractivity contribution in [2.75, 3.05) is 12.3 Å². The number of carbonyl (C=O) groups is 1. The van der Waals surface area contributed by atoms with E-state index in [2.05, 4.69) is 27.2 Å². The first-order valence-electron chi connectivity index (χ1n) is 8.14. The van der Waals surface area contributed by atoms with Crippen LogP contribution in [0, 0.1) is 0 Å². The van der Waals surface area contributed by atoms with E-state index in [0.29, 0.717) is 5.95 Å². The van der Waals surface area contributed by atoms with E-state index < -0.39 is 5.97 Å². The Morgan fingerprint density at radius 3 is 2.88 bits per heavy atom. The third-order valence-electron chi connectivity index (χ3n) is 4.28. The summed E-state index contributed by atoms with van der Waals surface area (Å²) in [5, 5.41) is 4.16. The van der Waals surface area contributed by atoms with E-state index in [1.54, 1.807) is 13.1 Å². The quantitative estimate of drug-likeness (QED) is 0.737. The molecule has 0 spiro atoms. The van der Waals surface area contributed by atoms with Gasteiger partial charge in [0.2, 0.25) is 0 Å². The second-order valence-electron chi connectivity index (χ2n) is 5.78. The van der Waals surface area contributed by atoms with Gasteiger partial charge in [-0.15, -0.1) is 0 Å². The van der Waals surface area contributed by atoms with E-state index in [0.717, 1.165) is 29.7 Å². The molecule has 0 unspecified atom stereocenters. The van der Waals surface area contributed by atoms with E-state index in [1.807, 2.05) is 12.1 Å². The standard InChI is InChI=1S/C18H17N5O2/c1-2-25-17(24)14-10-21-23(16(14)19)18-20-9-12-8-7-11-5-3-4-6-13(11)15(12)22-18/h3-6,9-10H,2,7-8,19H2,1H3. The van der Waals surface area contributed by atoms with Crippen LogP contribution in [0.2, 0.25) is 0 Å². The molecule has 2 heterocycles. The number of rotatable bonds is 3. The minimum atomic E-state index is -0.505. The number of hydrogen-bond acceptors (Lipinski definition) is 6. The molecular weight excluding hydrogens is 318 g/mol. The molecular formula is C18H17N5O2. The molecule has 0 saturated carbocycles. The minimum absolute atomic E-state index is 0.169. The van der Waals surface area contributed by atoms with Gasteiger partial charge in [-0.05, 0) is 30.9 Å². The van der Waals surface area contributed by atoms with Crippen molar-refractivity contribution in [3.8, 4) is 17.2 Å². The molecule has 1 aliphatic rings. The minimum Gasteiger partial charge on any atom is -0.462 e. The highest BCUT2D eigenvalue weighted by atomic mass is 16.5. The molecule has 0 atom stereocenters. The lowest BCUT2D eigenvalue weighted by atomic mass is 9.90. The van der Waals surface area contributed by atoms with Gasteiger partial charge in [-0.2, -0.15) is 9.78 Å². The van der Waals surface area contributed by atoms with E-state index in [9.17, 15) is 4.79 Å². The topological polar surface area (TPSA) is 95.9 Å². The van der Waals surface area contributed by atoms with Crippen molar-refractivity contribution in [2.45, 2.75) is 19.8 Å². The van der Waals surface area contributed by atoms with Crippen molar-refractivity contribution in [2.24, 2.45) is 0 Å². The fraction of sp³-hybridized carbons (Fsp3) is 0.222. The predicted octanol–water partition coefficient (Wildman–Crippen LogP) is 2.19.